The van der Waals surface area contributed by atoms with Crippen molar-refractivity contribution < 1.29 is 22.7 Å². The van der Waals surface area contributed by atoms with Gasteiger partial charge in [0, 0.05) is 12.1 Å². The van der Waals surface area contributed by atoms with Crippen LogP contribution in [-0.4, -0.2) is 32.1 Å². The zero-order valence-corrected chi connectivity index (χ0v) is 10.8. The summed E-state index contributed by atoms with van der Waals surface area (Å²) < 4.78 is 41.4. The summed E-state index contributed by atoms with van der Waals surface area (Å²) in [6.07, 6.45) is -2.53. The van der Waals surface area contributed by atoms with Crippen LogP contribution in [0.3, 0.4) is 0 Å². The zero-order valence-electron chi connectivity index (χ0n) is 9.26. The van der Waals surface area contributed by atoms with E-state index >= 15 is 0 Å². The zero-order chi connectivity index (χ0) is 13.5. The molecule has 0 bridgehead atoms. The molecule has 100 valence electrons. The summed E-state index contributed by atoms with van der Waals surface area (Å²) in [4.78, 5) is 11.5. The standard InChI is InChI=1S/C11H11BrF3NO2/c12-8-2-1-7(5-9(8)13)11(17)16-3-4-18-6-10(14)15/h1-2,5,10H,3-4,6H2,(H,16,17). The molecule has 1 rings (SSSR count). The van der Waals surface area contributed by atoms with E-state index in [1.807, 2.05) is 0 Å². The van der Waals surface area contributed by atoms with Crippen LogP contribution < -0.4 is 5.32 Å². The molecule has 0 heterocycles. The van der Waals surface area contributed by atoms with Crippen molar-refractivity contribution in [2.24, 2.45) is 0 Å². The van der Waals surface area contributed by atoms with Gasteiger partial charge in [-0.1, -0.05) is 0 Å². The highest BCUT2D eigenvalue weighted by Crippen LogP contribution is 2.16. The van der Waals surface area contributed by atoms with E-state index in [4.69, 9.17) is 0 Å². The van der Waals surface area contributed by atoms with Gasteiger partial charge in [-0.05, 0) is 34.1 Å². The highest BCUT2D eigenvalue weighted by atomic mass is 79.9. The van der Waals surface area contributed by atoms with Crippen LogP contribution in [0.4, 0.5) is 13.2 Å². The van der Waals surface area contributed by atoms with Crippen LogP contribution in [0, 0.1) is 5.82 Å². The van der Waals surface area contributed by atoms with E-state index in [-0.39, 0.29) is 23.2 Å². The molecule has 0 aliphatic rings. The maximum atomic E-state index is 13.1. The van der Waals surface area contributed by atoms with Crippen molar-refractivity contribution in [1.29, 1.82) is 0 Å². The first-order valence-electron chi connectivity index (χ1n) is 5.10. The lowest BCUT2D eigenvalue weighted by atomic mass is 10.2. The van der Waals surface area contributed by atoms with Crippen molar-refractivity contribution in [2.75, 3.05) is 19.8 Å². The van der Waals surface area contributed by atoms with Gasteiger partial charge in [0.15, 0.2) is 0 Å². The van der Waals surface area contributed by atoms with Crippen molar-refractivity contribution in [1.82, 2.24) is 5.32 Å². The lowest BCUT2D eigenvalue weighted by Crippen LogP contribution is -2.27. The number of ether oxygens (including phenoxy) is 1. The number of carbonyl (C=O) groups is 1. The molecule has 1 N–H and O–H groups in total. The van der Waals surface area contributed by atoms with Crippen molar-refractivity contribution >= 4 is 21.8 Å². The second kappa shape index (κ2) is 7.38. The van der Waals surface area contributed by atoms with Gasteiger partial charge in [-0.2, -0.15) is 0 Å². The molecule has 0 atom stereocenters. The van der Waals surface area contributed by atoms with Gasteiger partial charge < -0.3 is 10.1 Å². The smallest absolute Gasteiger partial charge is 0.261 e. The maximum Gasteiger partial charge on any atom is 0.261 e. The summed E-state index contributed by atoms with van der Waals surface area (Å²) >= 11 is 2.97. The number of alkyl halides is 2. The molecule has 3 nitrogen and oxygen atoms in total. The van der Waals surface area contributed by atoms with Gasteiger partial charge in [0.05, 0.1) is 11.1 Å². The maximum absolute atomic E-state index is 13.1. The quantitative estimate of drug-likeness (QED) is 0.816. The van der Waals surface area contributed by atoms with E-state index in [9.17, 15) is 18.0 Å². The Labute approximate surface area is 110 Å². The summed E-state index contributed by atoms with van der Waals surface area (Å²) in [5.41, 5.74) is 0.157. The molecule has 0 saturated carbocycles. The number of hydrogen-bond donors (Lipinski definition) is 1. The predicted molar refractivity (Wildman–Crippen MR) is 63.3 cm³/mol. The van der Waals surface area contributed by atoms with Crippen molar-refractivity contribution in [3.63, 3.8) is 0 Å². The minimum atomic E-state index is -2.53. The van der Waals surface area contributed by atoms with Crippen LogP contribution in [0.1, 0.15) is 10.4 Å². The first-order valence-corrected chi connectivity index (χ1v) is 5.89. The van der Waals surface area contributed by atoms with Crippen LogP contribution >= 0.6 is 15.9 Å². The largest absolute Gasteiger partial charge is 0.374 e. The number of carbonyl (C=O) groups excluding carboxylic acids is 1. The van der Waals surface area contributed by atoms with Gasteiger partial charge in [-0.25, -0.2) is 13.2 Å². The highest BCUT2D eigenvalue weighted by Gasteiger charge is 2.08. The molecule has 0 aromatic heterocycles. The normalized spacial score (nSPS) is 10.7. The molecule has 7 heteroatoms. The van der Waals surface area contributed by atoms with Gasteiger partial charge in [0.2, 0.25) is 0 Å². The van der Waals surface area contributed by atoms with Crippen molar-refractivity contribution in [3.05, 3.63) is 34.1 Å². The molecule has 0 aliphatic heterocycles. The fourth-order valence-corrected chi connectivity index (χ4v) is 1.40. The third kappa shape index (κ3) is 5.05. The Kier molecular flexibility index (Phi) is 6.14. The fraction of sp³-hybridized carbons (Fsp3) is 0.364. The number of hydrogen-bond acceptors (Lipinski definition) is 2. The van der Waals surface area contributed by atoms with Crippen LogP contribution in [0.5, 0.6) is 0 Å². The molecule has 18 heavy (non-hydrogen) atoms. The summed E-state index contributed by atoms with van der Waals surface area (Å²) in [6, 6.07) is 3.94. The Morgan fingerprint density at radius 3 is 2.78 bits per heavy atom. The molecule has 0 fully saturated rings. The van der Waals surface area contributed by atoms with Crippen LogP contribution in [0.15, 0.2) is 22.7 Å². The van der Waals surface area contributed by atoms with E-state index in [0.717, 1.165) is 6.07 Å². The molecular weight excluding hydrogens is 315 g/mol. The fourth-order valence-electron chi connectivity index (χ4n) is 1.15. The molecule has 0 unspecified atom stereocenters. The number of halogens is 4. The Morgan fingerprint density at radius 1 is 1.44 bits per heavy atom. The lowest BCUT2D eigenvalue weighted by Gasteiger charge is -2.06. The average molecular weight is 326 g/mol. The van der Waals surface area contributed by atoms with E-state index in [1.165, 1.54) is 12.1 Å². The molecule has 1 amide bonds. The van der Waals surface area contributed by atoms with Gasteiger partial charge in [0.25, 0.3) is 12.3 Å². The highest BCUT2D eigenvalue weighted by molar-refractivity contribution is 9.10. The first kappa shape index (κ1) is 15.0. The second-order valence-corrected chi connectivity index (χ2v) is 4.21. The van der Waals surface area contributed by atoms with E-state index in [1.54, 1.807) is 0 Å². The third-order valence-corrected chi connectivity index (χ3v) is 2.60. The topological polar surface area (TPSA) is 38.3 Å². The first-order chi connectivity index (χ1) is 8.50. The van der Waals surface area contributed by atoms with E-state index < -0.39 is 24.8 Å². The van der Waals surface area contributed by atoms with Gasteiger partial charge >= 0.3 is 0 Å². The predicted octanol–water partition coefficient (Wildman–Crippen LogP) is 2.60. The van der Waals surface area contributed by atoms with Gasteiger partial charge in [-0.15, -0.1) is 0 Å². The summed E-state index contributed by atoms with van der Waals surface area (Å²) in [7, 11) is 0. The Balaban J connectivity index is 2.34. The van der Waals surface area contributed by atoms with Crippen LogP contribution in [-0.2, 0) is 4.74 Å². The molecule has 0 aliphatic carbocycles. The molecule has 0 radical (unpaired) electrons. The molecule has 1 aromatic rings. The van der Waals surface area contributed by atoms with Crippen molar-refractivity contribution in [3.8, 4) is 0 Å². The summed E-state index contributed by atoms with van der Waals surface area (Å²) in [5.74, 6) is -1.03. The number of amides is 1. The number of nitrogens with one attached hydrogen (secondary N) is 1. The van der Waals surface area contributed by atoms with E-state index in [2.05, 4.69) is 26.0 Å². The Bertz CT molecular complexity index is 415. The summed E-state index contributed by atoms with van der Waals surface area (Å²) in [6.45, 7) is -0.596. The van der Waals surface area contributed by atoms with Crippen LogP contribution in [0.25, 0.3) is 0 Å². The van der Waals surface area contributed by atoms with Gasteiger partial charge in [-0.3, -0.25) is 4.79 Å². The third-order valence-electron chi connectivity index (χ3n) is 1.96. The minimum Gasteiger partial charge on any atom is -0.374 e. The molecule has 1 aromatic carbocycles. The molecule has 0 saturated heterocycles. The monoisotopic (exact) mass is 325 g/mol. The lowest BCUT2D eigenvalue weighted by molar-refractivity contribution is 0.0188. The Hall–Kier alpha value is -1.08. The van der Waals surface area contributed by atoms with Crippen molar-refractivity contribution in [2.45, 2.75) is 6.43 Å². The number of rotatable bonds is 6. The minimum absolute atomic E-state index is 0.0188. The molecule has 0 spiro atoms. The molecular formula is C11H11BrF3NO2. The average Bonchev–Trinajstić information content (AvgIpc) is 2.31. The number of benzene rings is 1. The van der Waals surface area contributed by atoms with E-state index in [0.29, 0.717) is 0 Å². The van der Waals surface area contributed by atoms with Gasteiger partial charge in [0.1, 0.15) is 12.4 Å². The second-order valence-electron chi connectivity index (χ2n) is 3.35. The Morgan fingerprint density at radius 2 is 2.17 bits per heavy atom. The summed E-state index contributed by atoms with van der Waals surface area (Å²) in [5, 5.41) is 2.43. The van der Waals surface area contributed by atoms with Crippen LogP contribution in [0.2, 0.25) is 0 Å². The SMILES string of the molecule is O=C(NCCOCC(F)F)c1ccc(Br)c(F)c1.